The summed E-state index contributed by atoms with van der Waals surface area (Å²) in [7, 11) is 0. The minimum atomic E-state index is -0.498. The summed E-state index contributed by atoms with van der Waals surface area (Å²) in [5.41, 5.74) is 2.37. The van der Waals surface area contributed by atoms with Crippen molar-refractivity contribution in [1.82, 2.24) is 9.88 Å². The van der Waals surface area contributed by atoms with Crippen molar-refractivity contribution in [3.05, 3.63) is 73.9 Å². The molecule has 0 aliphatic carbocycles. The van der Waals surface area contributed by atoms with Crippen molar-refractivity contribution in [2.24, 2.45) is 0 Å². The molecular weight excluding hydrogens is 439 g/mol. The molecule has 2 aromatic carbocycles. The highest BCUT2D eigenvalue weighted by Crippen LogP contribution is 2.29. The second kappa shape index (κ2) is 8.91. The number of nitrogens with one attached hydrogen (secondary N) is 1. The lowest BCUT2D eigenvalue weighted by Gasteiger charge is -2.11. The molecule has 1 amide bonds. The van der Waals surface area contributed by atoms with Crippen LogP contribution in [0.4, 0.5) is 9.18 Å². The number of benzene rings is 2. The molecule has 1 aliphatic heterocycles. The summed E-state index contributed by atoms with van der Waals surface area (Å²) >= 11 is 6.26. The molecule has 31 heavy (non-hydrogen) atoms. The summed E-state index contributed by atoms with van der Waals surface area (Å²) in [4.78, 5) is 16.5. The zero-order valence-electron chi connectivity index (χ0n) is 16.6. The Kier molecular flexibility index (Phi) is 6.06. The quantitative estimate of drug-likeness (QED) is 0.454. The van der Waals surface area contributed by atoms with Crippen molar-refractivity contribution in [3.63, 3.8) is 0 Å². The van der Waals surface area contributed by atoms with E-state index in [9.17, 15) is 14.3 Å². The Morgan fingerprint density at radius 1 is 1.32 bits per heavy atom. The first kappa shape index (κ1) is 21.1. The fourth-order valence-corrected chi connectivity index (χ4v) is 4.36. The normalized spacial score (nSPS) is 14.8. The van der Waals surface area contributed by atoms with Crippen molar-refractivity contribution in [3.8, 4) is 17.4 Å². The molecule has 0 bridgehead atoms. The first-order valence-corrected chi connectivity index (χ1v) is 10.8. The third-order valence-corrected chi connectivity index (χ3v) is 5.95. The smallest absolute Gasteiger partial charge is 0.414 e. The minimum absolute atomic E-state index is 0.0152. The van der Waals surface area contributed by atoms with Crippen LogP contribution in [0.3, 0.4) is 0 Å². The van der Waals surface area contributed by atoms with Gasteiger partial charge in [-0.15, -0.1) is 11.3 Å². The molecule has 0 saturated carbocycles. The molecule has 6 nitrogen and oxygen atoms in total. The zero-order chi connectivity index (χ0) is 22.0. The number of carbonyl (C=O) groups excluding carboxylic acids is 1. The molecule has 2 N–H and O–H groups in total. The maximum absolute atomic E-state index is 14.5. The van der Waals surface area contributed by atoms with Gasteiger partial charge >= 0.3 is 6.09 Å². The fourth-order valence-electron chi connectivity index (χ4n) is 3.21. The van der Waals surface area contributed by atoms with E-state index in [2.05, 4.69) is 4.98 Å². The van der Waals surface area contributed by atoms with E-state index < -0.39 is 5.82 Å². The monoisotopic (exact) mass is 458 g/mol. The van der Waals surface area contributed by atoms with Crippen LogP contribution in [0.25, 0.3) is 6.08 Å². The van der Waals surface area contributed by atoms with Gasteiger partial charge in [-0.2, -0.15) is 0 Å². The Bertz CT molecular complexity index is 1200. The number of likely N-dealkylation sites (N-methyl/N-ethyl adjacent to an activating group) is 1. The van der Waals surface area contributed by atoms with Gasteiger partial charge in [-0.3, -0.25) is 4.90 Å². The predicted molar refractivity (Wildman–Crippen MR) is 119 cm³/mol. The van der Waals surface area contributed by atoms with E-state index in [1.165, 1.54) is 17.4 Å². The van der Waals surface area contributed by atoms with E-state index in [4.69, 9.17) is 21.7 Å². The molecule has 3 aromatic rings. The van der Waals surface area contributed by atoms with Crippen LogP contribution in [0.1, 0.15) is 22.9 Å². The number of cyclic esters (lactones) is 1. The average Bonchev–Trinajstić information content (AvgIpc) is 3.25. The Balaban J connectivity index is 1.45. The first-order chi connectivity index (χ1) is 14.9. The Morgan fingerprint density at radius 3 is 2.74 bits per heavy atom. The predicted octanol–water partition coefficient (Wildman–Crippen LogP) is 5.85. The van der Waals surface area contributed by atoms with E-state index in [0.29, 0.717) is 33.1 Å². The van der Waals surface area contributed by atoms with Gasteiger partial charge in [0.15, 0.2) is 15.5 Å². The van der Waals surface area contributed by atoms with Crippen molar-refractivity contribution in [2.45, 2.75) is 13.3 Å². The molecule has 160 valence electrons. The van der Waals surface area contributed by atoms with Crippen LogP contribution < -0.4 is 4.74 Å². The third kappa shape index (κ3) is 4.78. The van der Waals surface area contributed by atoms with Crippen LogP contribution in [0.2, 0.25) is 0 Å². The molecule has 1 aromatic heterocycles. The second-order valence-electron chi connectivity index (χ2n) is 6.83. The minimum Gasteiger partial charge on any atom is -0.494 e. The molecule has 4 rings (SSSR count). The van der Waals surface area contributed by atoms with Crippen molar-refractivity contribution in [2.75, 3.05) is 13.2 Å². The molecular formula is C22H19FN2O4S2. The Morgan fingerprint density at radius 2 is 2.10 bits per heavy atom. The fraction of sp³-hybridized carbons (Fsp3) is 0.182. The number of amides is 1. The highest BCUT2D eigenvalue weighted by Gasteiger charge is 2.25. The molecule has 0 spiro atoms. The lowest BCUT2D eigenvalue weighted by Crippen LogP contribution is -2.21. The van der Waals surface area contributed by atoms with Crippen LogP contribution in [0.15, 0.2) is 48.2 Å². The van der Waals surface area contributed by atoms with E-state index in [1.807, 2.05) is 25.1 Å². The number of hydrogen-bond donors (Lipinski definition) is 2. The summed E-state index contributed by atoms with van der Waals surface area (Å²) < 4.78 is 25.7. The summed E-state index contributed by atoms with van der Waals surface area (Å²) in [6, 6.07) is 11.8. The Labute approximate surface area is 187 Å². The number of hydrogen-bond acceptors (Lipinski definition) is 6. The van der Waals surface area contributed by atoms with Gasteiger partial charge in [-0.25, -0.2) is 9.18 Å². The Hall–Kier alpha value is -3.17. The zero-order valence-corrected chi connectivity index (χ0v) is 18.2. The summed E-state index contributed by atoms with van der Waals surface area (Å²) in [6.07, 6.45) is 1.90. The van der Waals surface area contributed by atoms with E-state index >= 15 is 0 Å². The number of carbonyl (C=O) groups is 1. The second-order valence-corrected chi connectivity index (χ2v) is 8.61. The van der Waals surface area contributed by atoms with Crippen LogP contribution >= 0.6 is 23.6 Å². The van der Waals surface area contributed by atoms with Gasteiger partial charge in [0.25, 0.3) is 0 Å². The molecule has 0 unspecified atom stereocenters. The largest absolute Gasteiger partial charge is 0.494 e. The number of nitrogens with zero attached hydrogens (tertiary/aromatic N) is 1. The van der Waals surface area contributed by atoms with Gasteiger partial charge in [0.2, 0.25) is 5.88 Å². The number of aromatic amines is 1. The number of H-pyrrole nitrogens is 1. The van der Waals surface area contributed by atoms with Gasteiger partial charge in [-0.1, -0.05) is 18.2 Å². The summed E-state index contributed by atoms with van der Waals surface area (Å²) in [5.74, 6) is 0.109. The van der Waals surface area contributed by atoms with Crippen molar-refractivity contribution in [1.29, 1.82) is 0 Å². The number of aromatic hydroxyl groups is 1. The third-order valence-electron chi connectivity index (χ3n) is 4.73. The van der Waals surface area contributed by atoms with Crippen LogP contribution in [-0.4, -0.2) is 34.2 Å². The number of thiazole rings is 1. The van der Waals surface area contributed by atoms with Gasteiger partial charge in [-0.05, 0) is 60.6 Å². The first-order valence-electron chi connectivity index (χ1n) is 9.55. The molecule has 1 fully saturated rings. The van der Waals surface area contributed by atoms with Crippen LogP contribution in [0, 0.1) is 9.77 Å². The number of halogens is 1. The number of aromatic nitrogens is 1. The molecule has 1 saturated heterocycles. The lowest BCUT2D eigenvalue weighted by molar-refractivity contribution is 0.160. The highest BCUT2D eigenvalue weighted by molar-refractivity contribution is 7.73. The highest BCUT2D eigenvalue weighted by atomic mass is 32.1. The van der Waals surface area contributed by atoms with Crippen LogP contribution in [-0.2, 0) is 11.2 Å². The van der Waals surface area contributed by atoms with E-state index in [0.717, 1.165) is 11.3 Å². The van der Waals surface area contributed by atoms with Gasteiger partial charge in [0, 0.05) is 13.0 Å². The topological polar surface area (TPSA) is 74.8 Å². The summed E-state index contributed by atoms with van der Waals surface area (Å²) in [6.45, 7) is 2.67. The molecule has 1 aliphatic rings. The average molecular weight is 459 g/mol. The molecule has 0 atom stereocenters. The lowest BCUT2D eigenvalue weighted by atomic mass is 10.1. The van der Waals surface area contributed by atoms with Gasteiger partial charge in [0.05, 0.1) is 10.6 Å². The van der Waals surface area contributed by atoms with E-state index in [1.54, 1.807) is 29.2 Å². The van der Waals surface area contributed by atoms with Crippen molar-refractivity contribution < 1.29 is 23.8 Å². The summed E-state index contributed by atoms with van der Waals surface area (Å²) in [5, 5.41) is 9.80. The molecule has 0 radical (unpaired) electrons. The standard InChI is InChI=1S/C22H19FN2O4S2/c1-2-25-15(12-28-22(25)27)9-13-3-6-16(7-4-13)29-18-8-5-14(10-17(18)23)11-19-20(26)24-21(30)31-19/h3-10,26H,2,11-12H2,1H3,(H,24,30). The van der Waals surface area contributed by atoms with E-state index in [-0.39, 0.29) is 24.3 Å². The van der Waals surface area contributed by atoms with Gasteiger partial charge in [0.1, 0.15) is 12.4 Å². The molecule has 2 heterocycles. The van der Waals surface area contributed by atoms with Crippen LogP contribution in [0.5, 0.6) is 17.4 Å². The molecule has 9 heteroatoms. The number of rotatable bonds is 6. The SMILES string of the molecule is CCN1C(=O)OCC1=Cc1ccc(Oc2ccc(Cc3sc(=S)[nH]c3O)cc2F)cc1. The maximum atomic E-state index is 14.5. The maximum Gasteiger partial charge on any atom is 0.414 e. The van der Waals surface area contributed by atoms with Crippen molar-refractivity contribution >= 4 is 35.7 Å². The number of ether oxygens (including phenoxy) is 2. The van der Waals surface area contributed by atoms with Gasteiger partial charge < -0.3 is 19.6 Å².